The molecule has 3 aromatic rings. The van der Waals surface area contributed by atoms with E-state index < -0.39 is 34.5 Å². The Kier molecular flexibility index (Phi) is 6.57. The van der Waals surface area contributed by atoms with Crippen LogP contribution in [0.3, 0.4) is 0 Å². The van der Waals surface area contributed by atoms with Gasteiger partial charge in [0.15, 0.2) is 0 Å². The maximum atomic E-state index is 14.2. The molecule has 2 aromatic carbocycles. The minimum Gasteiger partial charge on any atom is -0.325 e. The molecule has 7 rings (SSSR count). The van der Waals surface area contributed by atoms with Crippen LogP contribution in [0.2, 0.25) is 0 Å². The molecule has 43 heavy (non-hydrogen) atoms. The summed E-state index contributed by atoms with van der Waals surface area (Å²) in [5.41, 5.74) is 2.38. The highest BCUT2D eigenvalue weighted by molar-refractivity contribution is 6.06. The Labute approximate surface area is 248 Å². The third-order valence-electron chi connectivity index (χ3n) is 9.92. The van der Waals surface area contributed by atoms with Crippen LogP contribution < -0.4 is 10.6 Å². The van der Waals surface area contributed by atoms with Crippen molar-refractivity contribution in [2.75, 3.05) is 30.3 Å². The van der Waals surface area contributed by atoms with E-state index in [1.165, 1.54) is 17.0 Å². The van der Waals surface area contributed by atoms with Gasteiger partial charge < -0.3 is 15.5 Å². The van der Waals surface area contributed by atoms with E-state index in [9.17, 15) is 23.2 Å². The SMILES string of the molecule is CCN1CCC[C@]12CC[C@@H](c1cc(F)cc(F)c1)N(CC(=O)Nc1ccc3c(c1)C[C@@]1(C3)C(=O)Nc3ncccc31)C2=O. The van der Waals surface area contributed by atoms with E-state index in [1.807, 2.05) is 37.3 Å². The molecule has 1 aliphatic carbocycles. The summed E-state index contributed by atoms with van der Waals surface area (Å²) >= 11 is 0. The Bertz CT molecular complexity index is 1640. The van der Waals surface area contributed by atoms with Gasteiger partial charge in [0.1, 0.15) is 29.5 Å². The van der Waals surface area contributed by atoms with E-state index in [1.54, 1.807) is 6.20 Å². The average molecular weight is 586 g/mol. The number of amides is 3. The second-order valence-corrected chi connectivity index (χ2v) is 12.2. The zero-order valence-corrected chi connectivity index (χ0v) is 24.0. The number of aromatic nitrogens is 1. The summed E-state index contributed by atoms with van der Waals surface area (Å²) < 4.78 is 28.5. The second-order valence-electron chi connectivity index (χ2n) is 12.2. The summed E-state index contributed by atoms with van der Waals surface area (Å²) in [6.45, 7) is 3.29. The van der Waals surface area contributed by atoms with E-state index in [4.69, 9.17) is 0 Å². The molecular weight excluding hydrogens is 552 g/mol. The van der Waals surface area contributed by atoms with Gasteiger partial charge in [-0.2, -0.15) is 0 Å². The molecule has 3 aliphatic heterocycles. The predicted octanol–water partition coefficient (Wildman–Crippen LogP) is 4.51. The van der Waals surface area contributed by atoms with Crippen molar-refractivity contribution >= 4 is 29.2 Å². The van der Waals surface area contributed by atoms with Gasteiger partial charge in [-0.3, -0.25) is 19.3 Å². The van der Waals surface area contributed by atoms with E-state index in [0.29, 0.717) is 55.7 Å². The van der Waals surface area contributed by atoms with Crippen molar-refractivity contribution in [3.8, 4) is 0 Å². The molecule has 0 bridgehead atoms. The lowest BCUT2D eigenvalue weighted by molar-refractivity contribution is -0.153. The number of nitrogens with zero attached hydrogens (tertiary/aromatic N) is 3. The number of piperidine rings is 1. The molecule has 4 aliphatic rings. The molecular formula is C33H33F2N5O3. The van der Waals surface area contributed by atoms with Crippen LogP contribution in [0.25, 0.3) is 0 Å². The Morgan fingerprint density at radius 3 is 2.65 bits per heavy atom. The average Bonchev–Trinajstić information content (AvgIpc) is 3.65. The van der Waals surface area contributed by atoms with Crippen LogP contribution in [0.1, 0.15) is 60.9 Å². The summed E-state index contributed by atoms with van der Waals surface area (Å²) in [6, 6.07) is 12.1. The largest absolute Gasteiger partial charge is 0.325 e. The fraction of sp³-hybridized carbons (Fsp3) is 0.394. The van der Waals surface area contributed by atoms with Crippen molar-refractivity contribution in [2.24, 2.45) is 0 Å². The van der Waals surface area contributed by atoms with Crippen LogP contribution in [0.4, 0.5) is 20.3 Å². The first-order chi connectivity index (χ1) is 20.7. The summed E-state index contributed by atoms with van der Waals surface area (Å²) in [5, 5.41) is 5.85. The smallest absolute Gasteiger partial charge is 0.244 e. The molecule has 2 saturated heterocycles. The van der Waals surface area contributed by atoms with Gasteiger partial charge in [0, 0.05) is 23.5 Å². The maximum Gasteiger partial charge on any atom is 0.244 e. The molecule has 2 N–H and O–H groups in total. The summed E-state index contributed by atoms with van der Waals surface area (Å²) in [6.07, 6.45) is 5.34. The van der Waals surface area contributed by atoms with Gasteiger partial charge in [-0.25, -0.2) is 13.8 Å². The molecule has 222 valence electrons. The predicted molar refractivity (Wildman–Crippen MR) is 156 cm³/mol. The number of carbonyl (C=O) groups is 3. The molecule has 3 atom stereocenters. The maximum absolute atomic E-state index is 14.2. The van der Waals surface area contributed by atoms with E-state index >= 15 is 0 Å². The molecule has 1 aromatic heterocycles. The third-order valence-corrected chi connectivity index (χ3v) is 9.92. The molecule has 8 nitrogen and oxygen atoms in total. The quantitative estimate of drug-likeness (QED) is 0.460. The van der Waals surface area contributed by atoms with Gasteiger partial charge >= 0.3 is 0 Å². The van der Waals surface area contributed by atoms with Crippen molar-refractivity contribution < 1.29 is 23.2 Å². The summed E-state index contributed by atoms with van der Waals surface area (Å²) in [4.78, 5) is 48.8. The Balaban J connectivity index is 1.13. The number of hydrogen-bond acceptors (Lipinski definition) is 5. The number of likely N-dealkylation sites (N-methyl/N-ethyl adjacent to an activating group) is 1. The van der Waals surface area contributed by atoms with Gasteiger partial charge in [0.2, 0.25) is 17.7 Å². The van der Waals surface area contributed by atoms with Crippen molar-refractivity contribution in [3.63, 3.8) is 0 Å². The van der Waals surface area contributed by atoms with Crippen LogP contribution >= 0.6 is 0 Å². The lowest BCUT2D eigenvalue weighted by atomic mass is 9.79. The lowest BCUT2D eigenvalue weighted by Gasteiger charge is -2.48. The monoisotopic (exact) mass is 585 g/mol. The number of halogens is 2. The van der Waals surface area contributed by atoms with Crippen molar-refractivity contribution in [1.82, 2.24) is 14.8 Å². The third kappa shape index (κ3) is 4.42. The highest BCUT2D eigenvalue weighted by atomic mass is 19.1. The number of rotatable bonds is 5. The zero-order valence-electron chi connectivity index (χ0n) is 24.0. The number of benzene rings is 2. The van der Waals surface area contributed by atoms with Gasteiger partial charge in [0.25, 0.3) is 0 Å². The molecule has 10 heteroatoms. The number of anilines is 2. The molecule has 4 heterocycles. The van der Waals surface area contributed by atoms with Gasteiger partial charge in [0.05, 0.1) is 11.5 Å². The van der Waals surface area contributed by atoms with Crippen molar-refractivity contribution in [1.29, 1.82) is 0 Å². The normalized spacial score (nSPS) is 26.2. The lowest BCUT2D eigenvalue weighted by Crippen LogP contribution is -2.61. The van der Waals surface area contributed by atoms with Gasteiger partial charge in [-0.1, -0.05) is 19.1 Å². The first kappa shape index (κ1) is 27.6. The highest BCUT2D eigenvalue weighted by Crippen LogP contribution is 2.47. The standard InChI is InChI=1S/C33H33F2N5O3/c1-2-39-12-4-9-33(39)10-8-27(21-13-23(34)16-24(35)14-21)40(31(33)43)19-28(41)37-25-7-6-20-17-32(18-22(20)15-25)26-5-3-11-36-29(26)38-30(32)42/h3,5-7,11,13-16,27H,2,4,8-10,12,17-19H2,1H3,(H,37,41)(H,36,38,42)/t27-,32+,33+/m0/s1. The first-order valence-electron chi connectivity index (χ1n) is 14.9. The Morgan fingerprint density at radius 1 is 1.07 bits per heavy atom. The number of nitrogens with one attached hydrogen (secondary N) is 2. The number of hydrogen-bond donors (Lipinski definition) is 2. The molecule has 2 fully saturated rings. The minimum atomic E-state index is -0.719. The highest BCUT2D eigenvalue weighted by Gasteiger charge is 2.53. The van der Waals surface area contributed by atoms with Crippen LogP contribution in [-0.4, -0.2) is 57.7 Å². The second kappa shape index (κ2) is 10.2. The van der Waals surface area contributed by atoms with E-state index in [2.05, 4.69) is 20.5 Å². The minimum absolute atomic E-state index is 0.0756. The number of pyridine rings is 1. The van der Waals surface area contributed by atoms with E-state index in [-0.39, 0.29) is 18.4 Å². The van der Waals surface area contributed by atoms with Crippen LogP contribution in [0, 0.1) is 11.6 Å². The molecule has 3 amide bonds. The van der Waals surface area contributed by atoms with Crippen molar-refractivity contribution in [3.05, 3.63) is 88.6 Å². The van der Waals surface area contributed by atoms with Crippen LogP contribution in [-0.2, 0) is 32.6 Å². The van der Waals surface area contributed by atoms with Gasteiger partial charge in [-0.15, -0.1) is 0 Å². The summed E-state index contributed by atoms with van der Waals surface area (Å²) in [5.74, 6) is -1.47. The number of likely N-dealkylation sites (tertiary alicyclic amines) is 2. The van der Waals surface area contributed by atoms with Crippen LogP contribution in [0.15, 0.2) is 54.7 Å². The van der Waals surface area contributed by atoms with Gasteiger partial charge in [-0.05, 0) is 98.6 Å². The van der Waals surface area contributed by atoms with Crippen LogP contribution in [0.5, 0.6) is 0 Å². The number of carbonyl (C=O) groups excluding carboxylic acids is 3. The first-order valence-corrected chi connectivity index (χ1v) is 14.9. The molecule has 0 radical (unpaired) electrons. The summed E-state index contributed by atoms with van der Waals surface area (Å²) in [7, 11) is 0. The topological polar surface area (TPSA) is 94.6 Å². The van der Waals surface area contributed by atoms with Crippen molar-refractivity contribution in [2.45, 2.75) is 62.4 Å². The zero-order chi connectivity index (χ0) is 29.9. The number of fused-ring (bicyclic) bond motifs is 3. The Morgan fingerprint density at radius 2 is 1.86 bits per heavy atom. The molecule has 2 spiro atoms. The fourth-order valence-electron chi connectivity index (χ4n) is 7.96. The fourth-order valence-corrected chi connectivity index (χ4v) is 7.96. The molecule has 0 unspecified atom stereocenters. The van der Waals surface area contributed by atoms with E-state index in [0.717, 1.165) is 35.7 Å². The molecule has 0 saturated carbocycles. The Hall–Kier alpha value is -4.18.